The number of hydrogen-bond acceptors (Lipinski definition) is 4. The molecule has 0 heterocycles. The third kappa shape index (κ3) is 9.83. The Balaban J connectivity index is 0.00000361. The molecule has 0 aliphatic rings. The summed E-state index contributed by atoms with van der Waals surface area (Å²) in [6.07, 6.45) is 1.66. The zero-order chi connectivity index (χ0) is 13.9. The Kier molecular flexibility index (Phi) is 11.1. The Bertz CT molecular complexity index is 397. The van der Waals surface area contributed by atoms with Gasteiger partial charge in [-0.15, -0.1) is 0 Å². The van der Waals surface area contributed by atoms with E-state index >= 15 is 0 Å². The van der Waals surface area contributed by atoms with Crippen LogP contribution in [0.3, 0.4) is 0 Å². The summed E-state index contributed by atoms with van der Waals surface area (Å²) in [4.78, 5) is 21.5. The number of unbranched alkanes of at least 4 members (excludes halogenated alkanes) is 2. The predicted octanol–water partition coefficient (Wildman–Crippen LogP) is -1.77. The predicted molar refractivity (Wildman–Crippen MR) is 68.1 cm³/mol. The van der Waals surface area contributed by atoms with Crippen LogP contribution in [0.2, 0.25) is 0 Å². The van der Waals surface area contributed by atoms with Gasteiger partial charge in [-0.2, -0.15) is 0 Å². The molecule has 0 saturated heterocycles. The van der Waals surface area contributed by atoms with Crippen molar-refractivity contribution in [3.8, 4) is 0 Å². The Hall–Kier alpha value is -1.04. The van der Waals surface area contributed by atoms with Gasteiger partial charge in [0.05, 0.1) is 0 Å². The summed E-state index contributed by atoms with van der Waals surface area (Å²) >= 11 is 0. The molecule has 0 bridgehead atoms. The Morgan fingerprint density at radius 3 is 2.45 bits per heavy atom. The van der Waals surface area contributed by atoms with Crippen LogP contribution in [0, 0.1) is 0 Å². The van der Waals surface area contributed by atoms with Crippen molar-refractivity contribution >= 4 is 12.1 Å². The van der Waals surface area contributed by atoms with Crippen LogP contribution in [0.15, 0.2) is 30.3 Å². The number of hydrogen-bond donors (Lipinski definition) is 1. The minimum Gasteiger partial charge on any atom is -0.550 e. The number of aliphatic carboxylic acids is 1. The number of carboxylic acids is 1. The molecule has 1 N–H and O–H groups in total. The van der Waals surface area contributed by atoms with Gasteiger partial charge in [0.2, 0.25) is 0 Å². The molecule has 20 heavy (non-hydrogen) atoms. The molecule has 104 valence electrons. The first kappa shape index (κ1) is 19.0. The van der Waals surface area contributed by atoms with Crippen molar-refractivity contribution in [2.75, 3.05) is 6.54 Å². The summed E-state index contributed by atoms with van der Waals surface area (Å²) in [5.74, 6) is -1.03. The summed E-state index contributed by atoms with van der Waals surface area (Å²) in [5.41, 5.74) is 0.937. The second-order valence-electron chi connectivity index (χ2n) is 4.17. The maximum absolute atomic E-state index is 11.3. The van der Waals surface area contributed by atoms with Crippen LogP contribution >= 0.6 is 0 Å². The van der Waals surface area contributed by atoms with Crippen LogP contribution in [0.4, 0.5) is 4.79 Å². The first-order valence-electron chi connectivity index (χ1n) is 6.33. The topological polar surface area (TPSA) is 78.5 Å². The molecule has 5 nitrogen and oxygen atoms in total. The van der Waals surface area contributed by atoms with Crippen molar-refractivity contribution in [1.82, 2.24) is 5.32 Å². The zero-order valence-corrected chi connectivity index (χ0v) is 13.8. The molecule has 0 spiro atoms. The molecule has 0 aliphatic carbocycles. The number of rotatable bonds is 8. The van der Waals surface area contributed by atoms with Crippen LogP contribution in [-0.2, 0) is 16.1 Å². The molecule has 1 aromatic rings. The first-order valence-corrected chi connectivity index (χ1v) is 6.33. The summed E-state index contributed by atoms with van der Waals surface area (Å²) in [7, 11) is 0. The average molecular weight is 287 g/mol. The van der Waals surface area contributed by atoms with Gasteiger partial charge in [-0.25, -0.2) is 4.79 Å². The number of ether oxygens (including phenoxy) is 1. The largest absolute Gasteiger partial charge is 1.00 e. The normalized spacial score (nSPS) is 9.40. The summed E-state index contributed by atoms with van der Waals surface area (Å²) < 4.78 is 5.02. The van der Waals surface area contributed by atoms with Gasteiger partial charge < -0.3 is 20.0 Å². The number of carbonyl (C=O) groups is 2. The minimum atomic E-state index is -1.03. The second-order valence-corrected chi connectivity index (χ2v) is 4.17. The van der Waals surface area contributed by atoms with Gasteiger partial charge in [-0.1, -0.05) is 36.8 Å². The number of amides is 1. The third-order valence-electron chi connectivity index (χ3n) is 2.54. The molecule has 0 atom stereocenters. The minimum absolute atomic E-state index is 0. The van der Waals surface area contributed by atoms with Gasteiger partial charge in [0.1, 0.15) is 6.61 Å². The monoisotopic (exact) mass is 287 g/mol. The van der Waals surface area contributed by atoms with Gasteiger partial charge in [-0.05, 0) is 24.8 Å². The molecular weight excluding hydrogens is 269 g/mol. The molecule has 1 aromatic carbocycles. The van der Waals surface area contributed by atoms with Crippen LogP contribution in [0.1, 0.15) is 31.2 Å². The van der Waals surface area contributed by atoms with Crippen molar-refractivity contribution in [2.24, 2.45) is 0 Å². The van der Waals surface area contributed by atoms with E-state index < -0.39 is 12.1 Å². The van der Waals surface area contributed by atoms with Crippen molar-refractivity contribution in [2.45, 2.75) is 32.3 Å². The van der Waals surface area contributed by atoms with E-state index in [0.29, 0.717) is 13.0 Å². The van der Waals surface area contributed by atoms with E-state index in [1.807, 2.05) is 30.3 Å². The fourth-order valence-electron chi connectivity index (χ4n) is 1.54. The van der Waals surface area contributed by atoms with Gasteiger partial charge in [0.25, 0.3) is 0 Å². The van der Waals surface area contributed by atoms with Crippen molar-refractivity contribution in [1.29, 1.82) is 0 Å². The van der Waals surface area contributed by atoms with E-state index in [1.165, 1.54) is 0 Å². The molecule has 0 unspecified atom stereocenters. The Labute approximate surface area is 141 Å². The van der Waals surface area contributed by atoms with Crippen molar-refractivity contribution in [3.63, 3.8) is 0 Å². The third-order valence-corrected chi connectivity index (χ3v) is 2.54. The zero-order valence-electron chi connectivity index (χ0n) is 11.8. The molecule has 0 aliphatic heterocycles. The Morgan fingerprint density at radius 1 is 1.10 bits per heavy atom. The average Bonchev–Trinajstić information content (AvgIpc) is 2.41. The number of carboxylic acid groups (broad SMARTS) is 1. The van der Waals surface area contributed by atoms with Crippen LogP contribution in [0.5, 0.6) is 0 Å². The first-order chi connectivity index (χ1) is 9.18. The van der Waals surface area contributed by atoms with E-state index in [1.54, 1.807) is 0 Å². The molecule has 0 aromatic heterocycles. The molecule has 6 heteroatoms. The van der Waals surface area contributed by atoms with E-state index in [2.05, 4.69) is 5.32 Å². The fourth-order valence-corrected chi connectivity index (χ4v) is 1.54. The van der Waals surface area contributed by atoms with Crippen LogP contribution < -0.4 is 40.0 Å². The molecule has 0 fully saturated rings. The van der Waals surface area contributed by atoms with Gasteiger partial charge in [0.15, 0.2) is 0 Å². The molecule has 0 saturated carbocycles. The fraction of sp³-hybridized carbons (Fsp3) is 0.429. The maximum atomic E-state index is 11.3. The summed E-state index contributed by atoms with van der Waals surface area (Å²) in [5, 5.41) is 12.8. The van der Waals surface area contributed by atoms with Crippen molar-refractivity contribution < 1.29 is 49.0 Å². The molecule has 0 radical (unpaired) electrons. The second kappa shape index (κ2) is 11.8. The smallest absolute Gasteiger partial charge is 0.550 e. The molecular formula is C14H18NNaO4. The standard InChI is InChI=1S/C14H19NO4.Na/c16-13(17)9-5-2-6-10-15-14(18)19-11-12-7-3-1-4-8-12;/h1,3-4,7-8H,2,5-6,9-11H2,(H,15,18)(H,16,17);/q;+1/p-1. The summed E-state index contributed by atoms with van der Waals surface area (Å²) in [6, 6.07) is 9.43. The van der Waals surface area contributed by atoms with Gasteiger partial charge in [0, 0.05) is 12.5 Å². The Morgan fingerprint density at radius 2 is 1.80 bits per heavy atom. The van der Waals surface area contributed by atoms with Gasteiger partial charge >= 0.3 is 35.7 Å². The number of benzene rings is 1. The quantitative estimate of drug-likeness (QED) is 0.453. The van der Waals surface area contributed by atoms with Crippen LogP contribution in [-0.4, -0.2) is 18.6 Å². The molecule has 1 rings (SSSR count). The molecule has 1 amide bonds. The number of carbonyl (C=O) groups excluding carboxylic acids is 2. The maximum Gasteiger partial charge on any atom is 1.00 e. The van der Waals surface area contributed by atoms with Crippen LogP contribution in [0.25, 0.3) is 0 Å². The SMILES string of the molecule is O=C([O-])CCCCCNC(=O)OCc1ccccc1.[Na+]. The van der Waals surface area contributed by atoms with Crippen molar-refractivity contribution in [3.05, 3.63) is 35.9 Å². The number of nitrogens with one attached hydrogen (secondary N) is 1. The number of alkyl carbamates (subject to hydrolysis) is 1. The van der Waals surface area contributed by atoms with E-state index in [-0.39, 0.29) is 42.6 Å². The van der Waals surface area contributed by atoms with E-state index in [4.69, 9.17) is 4.74 Å². The van der Waals surface area contributed by atoms with E-state index in [9.17, 15) is 14.7 Å². The van der Waals surface area contributed by atoms with Gasteiger partial charge in [-0.3, -0.25) is 0 Å². The summed E-state index contributed by atoms with van der Waals surface area (Å²) in [6.45, 7) is 0.734. The van der Waals surface area contributed by atoms with E-state index in [0.717, 1.165) is 18.4 Å².